The van der Waals surface area contributed by atoms with Crippen molar-refractivity contribution in [1.82, 2.24) is 4.98 Å². The summed E-state index contributed by atoms with van der Waals surface area (Å²) in [4.78, 5) is 14.2. The van der Waals surface area contributed by atoms with Crippen molar-refractivity contribution < 1.29 is 22.4 Å². The van der Waals surface area contributed by atoms with Gasteiger partial charge in [0.05, 0.1) is 5.56 Å². The van der Waals surface area contributed by atoms with Crippen molar-refractivity contribution in [3.8, 4) is 10.6 Å². The number of rotatable bonds is 2. The summed E-state index contributed by atoms with van der Waals surface area (Å²) in [6, 6.07) is 2.16. The first-order chi connectivity index (χ1) is 8.40. The van der Waals surface area contributed by atoms with E-state index in [-0.39, 0.29) is 16.3 Å². The summed E-state index contributed by atoms with van der Waals surface area (Å²) in [6.45, 7) is 0. The fraction of sp³-hybridized carbons (Fsp3) is 0.0909. The van der Waals surface area contributed by atoms with Gasteiger partial charge in [0.25, 0.3) is 0 Å². The van der Waals surface area contributed by atoms with Gasteiger partial charge >= 0.3 is 6.18 Å². The summed E-state index contributed by atoms with van der Waals surface area (Å²) in [5, 5.41) is 1.56. The third-order valence-corrected chi connectivity index (χ3v) is 3.02. The SMILES string of the molecule is O=Cc1csc(-c2cc(F)cc(C(F)(F)F)c2)n1. The number of halogens is 4. The third-order valence-electron chi connectivity index (χ3n) is 2.11. The summed E-state index contributed by atoms with van der Waals surface area (Å²) >= 11 is 0.979. The van der Waals surface area contributed by atoms with Gasteiger partial charge in [-0.05, 0) is 18.2 Å². The van der Waals surface area contributed by atoms with Crippen LogP contribution in [0.1, 0.15) is 16.1 Å². The van der Waals surface area contributed by atoms with Gasteiger partial charge in [-0.3, -0.25) is 4.79 Å². The molecule has 1 heterocycles. The number of hydrogen-bond acceptors (Lipinski definition) is 3. The molecule has 0 aliphatic heterocycles. The highest BCUT2D eigenvalue weighted by Gasteiger charge is 2.31. The predicted octanol–water partition coefficient (Wildman–Crippen LogP) is 3.78. The number of alkyl halides is 3. The molecular formula is C11H5F4NOS. The highest BCUT2D eigenvalue weighted by molar-refractivity contribution is 7.13. The van der Waals surface area contributed by atoms with E-state index >= 15 is 0 Å². The van der Waals surface area contributed by atoms with Crippen molar-refractivity contribution in [2.45, 2.75) is 6.18 Å². The minimum atomic E-state index is -4.62. The van der Waals surface area contributed by atoms with Gasteiger partial charge in [0.1, 0.15) is 16.5 Å². The highest BCUT2D eigenvalue weighted by atomic mass is 32.1. The molecule has 0 aliphatic rings. The maximum Gasteiger partial charge on any atom is 0.416 e. The van der Waals surface area contributed by atoms with Crippen molar-refractivity contribution in [2.24, 2.45) is 0 Å². The van der Waals surface area contributed by atoms with Crippen LogP contribution in [0, 0.1) is 5.82 Å². The van der Waals surface area contributed by atoms with E-state index in [1.807, 2.05) is 0 Å². The fourth-order valence-electron chi connectivity index (χ4n) is 1.35. The van der Waals surface area contributed by atoms with Gasteiger partial charge in [-0.2, -0.15) is 13.2 Å². The van der Waals surface area contributed by atoms with Gasteiger partial charge in [0.2, 0.25) is 0 Å². The Morgan fingerprint density at radius 2 is 1.94 bits per heavy atom. The molecule has 2 aromatic rings. The Kier molecular flexibility index (Phi) is 3.16. The van der Waals surface area contributed by atoms with Crippen molar-refractivity contribution in [3.05, 3.63) is 40.7 Å². The zero-order valence-electron chi connectivity index (χ0n) is 8.66. The standard InChI is InChI=1S/C11H5F4NOS/c12-8-2-6(1-7(3-8)11(13,14)15)10-16-9(4-17)5-18-10/h1-5H. The van der Waals surface area contributed by atoms with Gasteiger partial charge < -0.3 is 0 Å². The van der Waals surface area contributed by atoms with Crippen LogP contribution in [0.3, 0.4) is 0 Å². The van der Waals surface area contributed by atoms with E-state index < -0.39 is 17.6 Å². The van der Waals surface area contributed by atoms with Crippen LogP contribution >= 0.6 is 11.3 Å². The van der Waals surface area contributed by atoms with Crippen LogP contribution in [-0.2, 0) is 6.18 Å². The molecule has 1 aromatic carbocycles. The number of nitrogens with zero attached hydrogens (tertiary/aromatic N) is 1. The summed E-state index contributed by atoms with van der Waals surface area (Å²) in [5.74, 6) is -0.998. The Morgan fingerprint density at radius 3 is 2.50 bits per heavy atom. The van der Waals surface area contributed by atoms with E-state index in [9.17, 15) is 22.4 Å². The maximum absolute atomic E-state index is 13.1. The van der Waals surface area contributed by atoms with Crippen molar-refractivity contribution in [1.29, 1.82) is 0 Å². The molecule has 0 atom stereocenters. The number of benzene rings is 1. The molecule has 0 N–H and O–H groups in total. The first-order valence-corrected chi connectivity index (χ1v) is 5.57. The van der Waals surface area contributed by atoms with Crippen LogP contribution in [-0.4, -0.2) is 11.3 Å². The van der Waals surface area contributed by atoms with Crippen LogP contribution in [0.4, 0.5) is 17.6 Å². The molecule has 0 spiro atoms. The average Bonchev–Trinajstić information content (AvgIpc) is 2.75. The van der Waals surface area contributed by atoms with E-state index in [1.54, 1.807) is 0 Å². The summed E-state index contributed by atoms with van der Waals surface area (Å²) in [6.07, 6.45) is -4.15. The fourth-order valence-corrected chi connectivity index (χ4v) is 2.10. The van der Waals surface area contributed by atoms with E-state index in [0.29, 0.717) is 12.4 Å². The first kappa shape index (κ1) is 12.7. The van der Waals surface area contributed by atoms with Gasteiger partial charge in [0, 0.05) is 10.9 Å². The van der Waals surface area contributed by atoms with Crippen molar-refractivity contribution >= 4 is 17.6 Å². The van der Waals surface area contributed by atoms with Crippen LogP contribution in [0.25, 0.3) is 10.6 Å². The van der Waals surface area contributed by atoms with Crippen molar-refractivity contribution in [3.63, 3.8) is 0 Å². The molecule has 0 amide bonds. The normalized spacial score (nSPS) is 11.6. The number of thiazole rings is 1. The lowest BCUT2D eigenvalue weighted by Gasteiger charge is -2.08. The van der Waals surface area contributed by atoms with E-state index in [4.69, 9.17) is 0 Å². The van der Waals surface area contributed by atoms with Gasteiger partial charge in [-0.1, -0.05) is 0 Å². The van der Waals surface area contributed by atoms with Gasteiger partial charge in [0.15, 0.2) is 6.29 Å². The number of aldehydes is 1. The molecule has 18 heavy (non-hydrogen) atoms. The Hall–Kier alpha value is -1.76. The molecule has 7 heteroatoms. The van der Waals surface area contributed by atoms with E-state index in [2.05, 4.69) is 4.98 Å². The molecular weight excluding hydrogens is 270 g/mol. The number of aromatic nitrogens is 1. The number of carbonyl (C=O) groups is 1. The number of hydrogen-bond donors (Lipinski definition) is 0. The lowest BCUT2D eigenvalue weighted by atomic mass is 10.1. The van der Waals surface area contributed by atoms with Crippen LogP contribution in [0.5, 0.6) is 0 Å². The molecule has 94 valence electrons. The topological polar surface area (TPSA) is 30.0 Å². The highest BCUT2D eigenvalue weighted by Crippen LogP contribution is 2.33. The minimum Gasteiger partial charge on any atom is -0.296 e. The molecule has 0 fully saturated rings. The third kappa shape index (κ3) is 2.56. The maximum atomic E-state index is 13.1. The zero-order valence-corrected chi connectivity index (χ0v) is 9.48. The minimum absolute atomic E-state index is 0.000394. The second-order valence-corrected chi connectivity index (χ2v) is 4.28. The second kappa shape index (κ2) is 4.49. The summed E-state index contributed by atoms with van der Waals surface area (Å²) in [7, 11) is 0. The molecule has 0 saturated carbocycles. The summed E-state index contributed by atoms with van der Waals surface area (Å²) < 4.78 is 50.6. The smallest absolute Gasteiger partial charge is 0.296 e. The van der Waals surface area contributed by atoms with E-state index in [1.165, 1.54) is 5.38 Å². The van der Waals surface area contributed by atoms with E-state index in [0.717, 1.165) is 23.5 Å². The molecule has 0 saturated heterocycles. The Morgan fingerprint density at radius 1 is 1.22 bits per heavy atom. The van der Waals surface area contributed by atoms with Crippen LogP contribution in [0.2, 0.25) is 0 Å². The summed E-state index contributed by atoms with van der Waals surface area (Å²) in [5.41, 5.74) is -0.978. The predicted molar refractivity (Wildman–Crippen MR) is 57.9 cm³/mol. The lowest BCUT2D eigenvalue weighted by Crippen LogP contribution is -2.05. The van der Waals surface area contributed by atoms with Gasteiger partial charge in [-0.15, -0.1) is 11.3 Å². The molecule has 0 unspecified atom stereocenters. The van der Waals surface area contributed by atoms with Crippen molar-refractivity contribution in [2.75, 3.05) is 0 Å². The average molecular weight is 275 g/mol. The Labute approximate surface area is 103 Å². The molecule has 0 aliphatic carbocycles. The quantitative estimate of drug-likeness (QED) is 0.616. The molecule has 0 bridgehead atoms. The molecule has 2 nitrogen and oxygen atoms in total. The Bertz CT molecular complexity index is 591. The Balaban J connectivity index is 2.51. The second-order valence-electron chi connectivity index (χ2n) is 3.42. The first-order valence-electron chi connectivity index (χ1n) is 4.69. The number of carbonyl (C=O) groups excluding carboxylic acids is 1. The van der Waals surface area contributed by atoms with Gasteiger partial charge in [-0.25, -0.2) is 9.37 Å². The molecule has 1 aromatic heterocycles. The molecule has 0 radical (unpaired) electrons. The van der Waals surface area contributed by atoms with Crippen LogP contribution < -0.4 is 0 Å². The molecule has 2 rings (SSSR count). The largest absolute Gasteiger partial charge is 0.416 e. The zero-order chi connectivity index (χ0) is 13.3. The lowest BCUT2D eigenvalue weighted by molar-refractivity contribution is -0.137. The monoisotopic (exact) mass is 275 g/mol. The van der Waals surface area contributed by atoms with Crippen LogP contribution in [0.15, 0.2) is 23.6 Å².